The van der Waals surface area contributed by atoms with Crippen molar-refractivity contribution in [3.05, 3.63) is 0 Å². The molecule has 2 fully saturated rings. The fraction of sp³-hybridized carbons (Fsp3) is 1.00. The van der Waals surface area contributed by atoms with E-state index in [1.807, 2.05) is 0 Å². The zero-order valence-electron chi connectivity index (χ0n) is 12.2. The molecular formula is C15H29NO3. The molecule has 4 nitrogen and oxygen atoms in total. The molecule has 0 aromatic rings. The van der Waals surface area contributed by atoms with Crippen LogP contribution in [0.2, 0.25) is 0 Å². The number of rotatable bonds is 8. The van der Waals surface area contributed by atoms with Gasteiger partial charge in [0.1, 0.15) is 0 Å². The second-order valence-electron chi connectivity index (χ2n) is 5.61. The molecule has 2 rings (SSSR count). The fourth-order valence-corrected chi connectivity index (χ4v) is 2.92. The van der Waals surface area contributed by atoms with E-state index < -0.39 is 0 Å². The van der Waals surface area contributed by atoms with E-state index in [4.69, 9.17) is 14.2 Å². The molecule has 0 radical (unpaired) electrons. The Hall–Kier alpha value is -0.160. The van der Waals surface area contributed by atoms with Gasteiger partial charge in [0.15, 0.2) is 0 Å². The molecule has 2 saturated heterocycles. The zero-order chi connectivity index (χ0) is 13.3. The lowest BCUT2D eigenvalue weighted by Gasteiger charge is -2.31. The van der Waals surface area contributed by atoms with Gasteiger partial charge in [-0.15, -0.1) is 0 Å². The molecular weight excluding hydrogens is 242 g/mol. The molecule has 0 spiro atoms. The van der Waals surface area contributed by atoms with E-state index in [0.29, 0.717) is 12.1 Å². The number of hydrogen-bond acceptors (Lipinski definition) is 4. The van der Waals surface area contributed by atoms with Crippen molar-refractivity contribution in [3.63, 3.8) is 0 Å². The predicted molar refractivity (Wildman–Crippen MR) is 75.5 cm³/mol. The molecule has 2 aliphatic rings. The van der Waals surface area contributed by atoms with Crippen molar-refractivity contribution in [1.82, 2.24) is 5.32 Å². The minimum absolute atomic E-state index is 0.227. The molecule has 0 amide bonds. The third-order valence-corrected chi connectivity index (χ3v) is 4.01. The summed E-state index contributed by atoms with van der Waals surface area (Å²) in [6.07, 6.45) is 7.95. The van der Waals surface area contributed by atoms with Gasteiger partial charge in [0.2, 0.25) is 0 Å². The first-order valence-corrected chi connectivity index (χ1v) is 7.94. The summed E-state index contributed by atoms with van der Waals surface area (Å²) in [7, 11) is 0. The van der Waals surface area contributed by atoms with E-state index in [-0.39, 0.29) is 6.10 Å². The van der Waals surface area contributed by atoms with Gasteiger partial charge in [0.25, 0.3) is 0 Å². The molecule has 2 aliphatic heterocycles. The topological polar surface area (TPSA) is 39.7 Å². The lowest BCUT2D eigenvalue weighted by Crippen LogP contribution is -2.47. The first-order chi connectivity index (χ1) is 9.40. The van der Waals surface area contributed by atoms with Crippen molar-refractivity contribution in [3.8, 4) is 0 Å². The monoisotopic (exact) mass is 271 g/mol. The summed E-state index contributed by atoms with van der Waals surface area (Å²) in [5.41, 5.74) is 0. The van der Waals surface area contributed by atoms with Gasteiger partial charge >= 0.3 is 0 Å². The van der Waals surface area contributed by atoms with Crippen LogP contribution in [0.25, 0.3) is 0 Å². The molecule has 0 saturated carbocycles. The van der Waals surface area contributed by atoms with Gasteiger partial charge in [0, 0.05) is 12.6 Å². The number of ether oxygens (including phenoxy) is 3. The molecule has 112 valence electrons. The van der Waals surface area contributed by atoms with E-state index in [0.717, 1.165) is 45.8 Å². The lowest BCUT2D eigenvalue weighted by molar-refractivity contribution is -0.103. The van der Waals surface area contributed by atoms with Gasteiger partial charge in [-0.3, -0.25) is 0 Å². The molecule has 3 unspecified atom stereocenters. The average Bonchev–Trinajstić information content (AvgIpc) is 2.97. The highest BCUT2D eigenvalue weighted by Gasteiger charge is 2.25. The van der Waals surface area contributed by atoms with E-state index in [1.165, 1.54) is 25.7 Å². The molecule has 3 atom stereocenters. The van der Waals surface area contributed by atoms with Crippen molar-refractivity contribution in [2.75, 3.05) is 33.0 Å². The van der Waals surface area contributed by atoms with Crippen molar-refractivity contribution in [1.29, 1.82) is 0 Å². The minimum Gasteiger partial charge on any atom is -0.378 e. The number of hydrogen-bond donors (Lipinski definition) is 1. The highest BCUT2D eigenvalue weighted by molar-refractivity contribution is 4.79. The molecule has 0 aromatic heterocycles. The van der Waals surface area contributed by atoms with Gasteiger partial charge in [0.05, 0.1) is 32.0 Å². The Morgan fingerprint density at radius 2 is 2.16 bits per heavy atom. The average molecular weight is 271 g/mol. The van der Waals surface area contributed by atoms with Gasteiger partial charge in [-0.25, -0.2) is 0 Å². The lowest BCUT2D eigenvalue weighted by atomic mass is 10.0. The Morgan fingerprint density at radius 1 is 1.21 bits per heavy atom. The van der Waals surface area contributed by atoms with E-state index in [2.05, 4.69) is 12.2 Å². The van der Waals surface area contributed by atoms with E-state index in [1.54, 1.807) is 0 Å². The zero-order valence-corrected chi connectivity index (χ0v) is 12.2. The molecule has 0 bridgehead atoms. The minimum atomic E-state index is 0.227. The second kappa shape index (κ2) is 8.90. The summed E-state index contributed by atoms with van der Waals surface area (Å²) in [6, 6.07) is 0.432. The summed E-state index contributed by atoms with van der Waals surface area (Å²) in [5.74, 6) is 0. The van der Waals surface area contributed by atoms with Crippen LogP contribution in [0.5, 0.6) is 0 Å². The maximum absolute atomic E-state index is 5.84. The van der Waals surface area contributed by atoms with Crippen molar-refractivity contribution in [2.45, 2.75) is 63.7 Å². The normalized spacial score (nSPS) is 29.5. The SMILES string of the molecule is CCCNC(CCCC1CCCO1)C1COCCO1. The maximum atomic E-state index is 5.84. The summed E-state index contributed by atoms with van der Waals surface area (Å²) in [4.78, 5) is 0. The number of nitrogens with one attached hydrogen (secondary N) is 1. The van der Waals surface area contributed by atoms with Crippen LogP contribution in [-0.4, -0.2) is 51.2 Å². The first kappa shape index (κ1) is 15.2. The highest BCUT2D eigenvalue weighted by atomic mass is 16.6. The predicted octanol–water partition coefficient (Wildman–Crippen LogP) is 2.12. The summed E-state index contributed by atoms with van der Waals surface area (Å²) in [5, 5.41) is 3.62. The van der Waals surface area contributed by atoms with E-state index in [9.17, 15) is 0 Å². The van der Waals surface area contributed by atoms with E-state index >= 15 is 0 Å². The summed E-state index contributed by atoms with van der Waals surface area (Å²) < 4.78 is 17.1. The third kappa shape index (κ3) is 5.38. The van der Waals surface area contributed by atoms with Gasteiger partial charge < -0.3 is 19.5 Å². The Bertz CT molecular complexity index is 225. The van der Waals surface area contributed by atoms with Gasteiger partial charge in [-0.1, -0.05) is 6.92 Å². The standard InChI is InChI=1S/C15H29NO3/c1-2-8-16-14(15-12-17-10-11-19-15)7-3-5-13-6-4-9-18-13/h13-16H,2-12H2,1H3. The summed E-state index contributed by atoms with van der Waals surface area (Å²) >= 11 is 0. The van der Waals surface area contributed by atoms with Crippen molar-refractivity contribution >= 4 is 0 Å². The Labute approximate surface area is 117 Å². The second-order valence-corrected chi connectivity index (χ2v) is 5.61. The molecule has 19 heavy (non-hydrogen) atoms. The summed E-state index contributed by atoms with van der Waals surface area (Å²) in [6.45, 7) is 6.44. The highest BCUT2D eigenvalue weighted by Crippen LogP contribution is 2.19. The van der Waals surface area contributed by atoms with Crippen LogP contribution in [-0.2, 0) is 14.2 Å². The van der Waals surface area contributed by atoms with Crippen LogP contribution < -0.4 is 5.32 Å². The van der Waals surface area contributed by atoms with Crippen molar-refractivity contribution < 1.29 is 14.2 Å². The molecule has 1 N–H and O–H groups in total. The Kier molecular flexibility index (Phi) is 7.14. The van der Waals surface area contributed by atoms with Crippen LogP contribution in [0.15, 0.2) is 0 Å². The van der Waals surface area contributed by atoms with Crippen LogP contribution in [0.1, 0.15) is 45.4 Å². The Balaban J connectivity index is 1.69. The Morgan fingerprint density at radius 3 is 2.84 bits per heavy atom. The first-order valence-electron chi connectivity index (χ1n) is 7.94. The van der Waals surface area contributed by atoms with Crippen molar-refractivity contribution in [2.24, 2.45) is 0 Å². The third-order valence-electron chi connectivity index (χ3n) is 4.01. The maximum Gasteiger partial charge on any atom is 0.0962 e. The molecule has 2 heterocycles. The van der Waals surface area contributed by atoms with Crippen LogP contribution >= 0.6 is 0 Å². The molecule has 0 aliphatic carbocycles. The van der Waals surface area contributed by atoms with Crippen LogP contribution in [0.3, 0.4) is 0 Å². The fourth-order valence-electron chi connectivity index (χ4n) is 2.92. The molecule has 0 aromatic carbocycles. The smallest absolute Gasteiger partial charge is 0.0962 e. The van der Waals surface area contributed by atoms with Gasteiger partial charge in [-0.2, -0.15) is 0 Å². The van der Waals surface area contributed by atoms with Crippen LogP contribution in [0, 0.1) is 0 Å². The van der Waals surface area contributed by atoms with Crippen LogP contribution in [0.4, 0.5) is 0 Å². The largest absolute Gasteiger partial charge is 0.378 e. The molecule has 4 heteroatoms. The quantitative estimate of drug-likeness (QED) is 0.734. The van der Waals surface area contributed by atoms with Gasteiger partial charge in [-0.05, 0) is 45.1 Å².